The lowest BCUT2D eigenvalue weighted by Crippen LogP contribution is -2.44. The molecule has 0 amide bonds. The minimum absolute atomic E-state index is 0.0255. The van der Waals surface area contributed by atoms with Gasteiger partial charge in [0.05, 0.1) is 21.3 Å². The molecule has 8 heteroatoms. The monoisotopic (exact) mass is 352 g/mol. The van der Waals surface area contributed by atoms with Crippen LogP contribution in [-0.4, -0.2) is 25.7 Å². The number of nitrogens with two attached hydrogens (primary N) is 1. The molecule has 2 rings (SSSR count). The molecule has 0 aromatic heterocycles. The lowest BCUT2D eigenvalue weighted by atomic mass is 9.85. The van der Waals surface area contributed by atoms with Gasteiger partial charge in [0.25, 0.3) is 0 Å². The Morgan fingerprint density at radius 3 is 2.48 bits per heavy atom. The van der Waals surface area contributed by atoms with Crippen molar-refractivity contribution in [2.24, 2.45) is 0 Å². The predicted molar refractivity (Wildman–Crippen MR) is 84.1 cm³/mol. The smallest absolute Gasteiger partial charge is 0.242 e. The minimum Gasteiger partial charge on any atom is -0.396 e. The molecule has 1 aliphatic carbocycles. The van der Waals surface area contributed by atoms with E-state index < -0.39 is 15.6 Å². The van der Waals surface area contributed by atoms with E-state index >= 15 is 0 Å². The van der Waals surface area contributed by atoms with Gasteiger partial charge < -0.3 is 10.8 Å². The first kappa shape index (κ1) is 16.8. The summed E-state index contributed by atoms with van der Waals surface area (Å²) in [5, 5.41) is 10.4. The largest absolute Gasteiger partial charge is 0.396 e. The molecular formula is C13H18Cl2N2O3S. The predicted octanol–water partition coefficient (Wildman–Crippen LogP) is 2.55. The molecule has 0 spiro atoms. The highest BCUT2D eigenvalue weighted by Gasteiger charge is 2.31. The zero-order valence-corrected chi connectivity index (χ0v) is 13.7. The molecule has 1 aromatic rings. The summed E-state index contributed by atoms with van der Waals surface area (Å²) in [5.74, 6) is 0. The number of hydrogen-bond acceptors (Lipinski definition) is 4. The van der Waals surface area contributed by atoms with Gasteiger partial charge in [0.1, 0.15) is 4.90 Å². The standard InChI is InChI=1S/C13H18Cl2N2O3S/c14-9-4-5-10(11(15)12(9)16)21(19,20)17-8-13(18)6-2-1-3-7-13/h4-5,17-18H,1-3,6-8,16H2. The Balaban J connectivity index is 2.17. The number of aliphatic hydroxyl groups is 1. The van der Waals surface area contributed by atoms with Gasteiger partial charge in [-0.05, 0) is 25.0 Å². The van der Waals surface area contributed by atoms with E-state index in [0.29, 0.717) is 12.8 Å². The number of nitrogen functional groups attached to an aromatic ring is 1. The van der Waals surface area contributed by atoms with Crippen molar-refractivity contribution in [1.29, 1.82) is 0 Å². The van der Waals surface area contributed by atoms with Crippen molar-refractivity contribution in [3.63, 3.8) is 0 Å². The number of anilines is 1. The van der Waals surface area contributed by atoms with Gasteiger partial charge in [-0.2, -0.15) is 0 Å². The fourth-order valence-electron chi connectivity index (χ4n) is 2.45. The van der Waals surface area contributed by atoms with E-state index in [0.717, 1.165) is 19.3 Å². The second kappa shape index (κ2) is 6.30. The highest BCUT2D eigenvalue weighted by atomic mass is 35.5. The van der Waals surface area contributed by atoms with Crippen LogP contribution in [0.4, 0.5) is 5.69 Å². The molecule has 1 aromatic carbocycles. The summed E-state index contributed by atoms with van der Waals surface area (Å²) < 4.78 is 27.0. The molecule has 0 bridgehead atoms. The summed E-state index contributed by atoms with van der Waals surface area (Å²) in [7, 11) is -3.85. The van der Waals surface area contributed by atoms with E-state index in [2.05, 4.69) is 4.72 Å². The molecule has 1 aliphatic rings. The van der Waals surface area contributed by atoms with Gasteiger partial charge in [-0.25, -0.2) is 13.1 Å². The van der Waals surface area contributed by atoms with Crippen molar-refractivity contribution in [1.82, 2.24) is 4.72 Å². The molecule has 0 heterocycles. The van der Waals surface area contributed by atoms with Crippen LogP contribution < -0.4 is 10.5 Å². The fourth-order valence-corrected chi connectivity index (χ4v) is 4.33. The van der Waals surface area contributed by atoms with E-state index in [1.807, 2.05) is 0 Å². The van der Waals surface area contributed by atoms with Crippen LogP contribution in [-0.2, 0) is 10.0 Å². The van der Waals surface area contributed by atoms with Crippen LogP contribution in [0.1, 0.15) is 32.1 Å². The molecule has 0 saturated heterocycles. The number of sulfonamides is 1. The Labute approximate surface area is 134 Å². The fraction of sp³-hybridized carbons (Fsp3) is 0.538. The SMILES string of the molecule is Nc1c(Cl)ccc(S(=O)(=O)NCC2(O)CCCCC2)c1Cl. The molecule has 118 valence electrons. The van der Waals surface area contributed by atoms with Crippen LogP contribution in [0, 0.1) is 0 Å². The summed E-state index contributed by atoms with van der Waals surface area (Å²) in [6.45, 7) is -0.0335. The van der Waals surface area contributed by atoms with Gasteiger partial charge in [0.2, 0.25) is 10.0 Å². The van der Waals surface area contributed by atoms with E-state index in [1.54, 1.807) is 0 Å². The number of benzene rings is 1. The van der Waals surface area contributed by atoms with Crippen molar-refractivity contribution in [3.05, 3.63) is 22.2 Å². The third kappa shape index (κ3) is 3.81. The Morgan fingerprint density at radius 2 is 1.86 bits per heavy atom. The molecular weight excluding hydrogens is 335 g/mol. The highest BCUT2D eigenvalue weighted by Crippen LogP contribution is 2.33. The van der Waals surface area contributed by atoms with Crippen molar-refractivity contribution in [2.75, 3.05) is 12.3 Å². The van der Waals surface area contributed by atoms with Gasteiger partial charge in [0, 0.05) is 6.54 Å². The molecule has 0 atom stereocenters. The Kier molecular flexibility index (Phi) is 5.05. The zero-order chi connectivity index (χ0) is 15.7. The Bertz CT molecular complexity index is 629. The van der Waals surface area contributed by atoms with Crippen molar-refractivity contribution in [2.45, 2.75) is 42.6 Å². The molecule has 1 fully saturated rings. The normalized spacial score (nSPS) is 18.6. The summed E-state index contributed by atoms with van der Waals surface area (Å²) >= 11 is 11.7. The van der Waals surface area contributed by atoms with E-state index in [1.165, 1.54) is 12.1 Å². The molecule has 21 heavy (non-hydrogen) atoms. The van der Waals surface area contributed by atoms with Crippen LogP contribution in [0.3, 0.4) is 0 Å². The first-order valence-corrected chi connectivity index (χ1v) is 8.95. The third-order valence-corrected chi connectivity index (χ3v) is 6.05. The van der Waals surface area contributed by atoms with Crippen LogP contribution >= 0.6 is 23.2 Å². The van der Waals surface area contributed by atoms with Gasteiger partial charge in [-0.3, -0.25) is 0 Å². The second-order valence-corrected chi connectivity index (χ2v) is 7.90. The molecule has 1 saturated carbocycles. The maximum absolute atomic E-state index is 12.3. The lowest BCUT2D eigenvalue weighted by molar-refractivity contribution is 0.00945. The number of hydrogen-bond donors (Lipinski definition) is 3. The van der Waals surface area contributed by atoms with Gasteiger partial charge >= 0.3 is 0 Å². The molecule has 0 unspecified atom stereocenters. The van der Waals surface area contributed by atoms with Crippen LogP contribution in [0.25, 0.3) is 0 Å². The highest BCUT2D eigenvalue weighted by molar-refractivity contribution is 7.89. The second-order valence-electron chi connectivity index (χ2n) is 5.38. The lowest BCUT2D eigenvalue weighted by Gasteiger charge is -2.32. The summed E-state index contributed by atoms with van der Waals surface area (Å²) in [6.07, 6.45) is 4.03. The number of halogens is 2. The first-order valence-electron chi connectivity index (χ1n) is 6.71. The quantitative estimate of drug-likeness (QED) is 0.726. The summed E-state index contributed by atoms with van der Waals surface area (Å²) in [6, 6.07) is 2.68. The maximum Gasteiger partial charge on any atom is 0.242 e. The average Bonchev–Trinajstić information content (AvgIpc) is 2.44. The molecule has 5 nitrogen and oxygen atoms in total. The van der Waals surface area contributed by atoms with Gasteiger partial charge in [-0.15, -0.1) is 0 Å². The maximum atomic E-state index is 12.3. The molecule has 4 N–H and O–H groups in total. The zero-order valence-electron chi connectivity index (χ0n) is 11.4. The van der Waals surface area contributed by atoms with Crippen molar-refractivity contribution < 1.29 is 13.5 Å². The molecule has 0 radical (unpaired) electrons. The molecule has 0 aliphatic heterocycles. The van der Waals surface area contributed by atoms with Crippen LogP contribution in [0.5, 0.6) is 0 Å². The summed E-state index contributed by atoms with van der Waals surface area (Å²) in [4.78, 5) is -0.134. The van der Waals surface area contributed by atoms with E-state index in [4.69, 9.17) is 28.9 Å². The van der Waals surface area contributed by atoms with E-state index in [9.17, 15) is 13.5 Å². The average molecular weight is 353 g/mol. The van der Waals surface area contributed by atoms with Crippen LogP contribution in [0.2, 0.25) is 10.0 Å². The third-order valence-electron chi connectivity index (χ3n) is 3.76. The number of nitrogens with one attached hydrogen (secondary N) is 1. The Hall–Kier alpha value is -0.530. The first-order chi connectivity index (χ1) is 9.75. The van der Waals surface area contributed by atoms with Crippen molar-refractivity contribution in [3.8, 4) is 0 Å². The topological polar surface area (TPSA) is 92.4 Å². The van der Waals surface area contributed by atoms with Crippen molar-refractivity contribution >= 4 is 38.9 Å². The van der Waals surface area contributed by atoms with Gasteiger partial charge in [-0.1, -0.05) is 42.5 Å². The van der Waals surface area contributed by atoms with Gasteiger partial charge in [0.15, 0.2) is 0 Å². The van der Waals surface area contributed by atoms with E-state index in [-0.39, 0.29) is 27.2 Å². The summed E-state index contributed by atoms with van der Waals surface area (Å²) in [5.41, 5.74) is 4.67. The van der Waals surface area contributed by atoms with Crippen LogP contribution in [0.15, 0.2) is 17.0 Å². The minimum atomic E-state index is -3.85. The Morgan fingerprint density at radius 1 is 1.24 bits per heavy atom. The number of rotatable bonds is 4.